The lowest BCUT2D eigenvalue weighted by Gasteiger charge is -2.16. The molecular weight excluding hydrogens is 266 g/mol. The maximum atomic E-state index is 11.4. The van der Waals surface area contributed by atoms with Crippen molar-refractivity contribution in [3.8, 4) is 0 Å². The molecule has 2 N–H and O–H groups in total. The van der Waals surface area contributed by atoms with E-state index in [0.29, 0.717) is 12.3 Å². The Balaban J connectivity index is 2.52. The molecule has 0 bridgehead atoms. The zero-order valence-electron chi connectivity index (χ0n) is 13.1. The van der Waals surface area contributed by atoms with Crippen LogP contribution < -0.4 is 5.32 Å². The van der Waals surface area contributed by atoms with E-state index in [4.69, 9.17) is 9.84 Å². The average Bonchev–Trinajstić information content (AvgIpc) is 2.49. The van der Waals surface area contributed by atoms with Gasteiger partial charge in [0.2, 0.25) is 0 Å². The fraction of sp³-hybridized carbons (Fsp3) is 0.588. The Labute approximate surface area is 127 Å². The first kappa shape index (κ1) is 17.7. The highest BCUT2D eigenvalue weighted by Gasteiger charge is 2.09. The molecule has 0 fully saturated rings. The van der Waals surface area contributed by atoms with Crippen molar-refractivity contribution in [1.29, 1.82) is 0 Å². The van der Waals surface area contributed by atoms with Crippen molar-refractivity contribution in [2.24, 2.45) is 5.92 Å². The van der Waals surface area contributed by atoms with Gasteiger partial charge in [-0.3, -0.25) is 4.79 Å². The summed E-state index contributed by atoms with van der Waals surface area (Å²) in [6, 6.07) is 7.92. The number of carbonyl (C=O) groups excluding carboxylic acids is 1. The van der Waals surface area contributed by atoms with E-state index in [1.807, 2.05) is 24.3 Å². The topological polar surface area (TPSA) is 58.6 Å². The van der Waals surface area contributed by atoms with E-state index in [1.165, 1.54) is 7.11 Å². The Hall–Kier alpha value is -1.39. The summed E-state index contributed by atoms with van der Waals surface area (Å²) in [4.78, 5) is 11.4. The lowest BCUT2D eigenvalue weighted by Crippen LogP contribution is -2.24. The number of hydrogen-bond acceptors (Lipinski definition) is 4. The van der Waals surface area contributed by atoms with Crippen LogP contribution in [0.3, 0.4) is 0 Å². The fourth-order valence-corrected chi connectivity index (χ4v) is 2.48. The predicted octanol–water partition coefficient (Wildman–Crippen LogP) is 2.29. The quantitative estimate of drug-likeness (QED) is 0.650. The molecule has 0 aliphatic rings. The summed E-state index contributed by atoms with van der Waals surface area (Å²) in [6.07, 6.45) is 3.40. The molecule has 1 aromatic rings. The van der Waals surface area contributed by atoms with Gasteiger partial charge < -0.3 is 15.2 Å². The Bertz CT molecular complexity index is 414. The molecule has 1 unspecified atom stereocenters. The van der Waals surface area contributed by atoms with E-state index in [2.05, 4.69) is 12.2 Å². The molecule has 0 amide bonds. The maximum absolute atomic E-state index is 11.4. The van der Waals surface area contributed by atoms with Gasteiger partial charge in [-0.1, -0.05) is 37.6 Å². The molecule has 1 atom stereocenters. The summed E-state index contributed by atoms with van der Waals surface area (Å²) in [5.41, 5.74) is 2.13. The third-order valence-corrected chi connectivity index (χ3v) is 3.66. The van der Waals surface area contributed by atoms with Crippen molar-refractivity contribution >= 4 is 5.97 Å². The first-order valence-electron chi connectivity index (χ1n) is 7.66. The van der Waals surface area contributed by atoms with Crippen LogP contribution in [0.2, 0.25) is 0 Å². The Kier molecular flexibility index (Phi) is 8.71. The standard InChI is InChI=1S/C17H27NO3/c1-3-6-14(9-10-19)12-18-13-16-8-5-4-7-15(16)11-17(20)21-2/h4-5,7-8,14,18-19H,3,6,9-13H2,1-2H3. The summed E-state index contributed by atoms with van der Waals surface area (Å²) in [6.45, 7) is 4.03. The largest absolute Gasteiger partial charge is 0.469 e. The predicted molar refractivity (Wildman–Crippen MR) is 84.0 cm³/mol. The molecule has 0 radical (unpaired) electrons. The molecule has 4 nitrogen and oxygen atoms in total. The van der Waals surface area contributed by atoms with E-state index in [0.717, 1.165) is 43.5 Å². The number of esters is 1. The molecule has 0 aliphatic carbocycles. The van der Waals surface area contributed by atoms with E-state index < -0.39 is 0 Å². The number of benzene rings is 1. The van der Waals surface area contributed by atoms with Crippen LogP contribution in [0.4, 0.5) is 0 Å². The highest BCUT2D eigenvalue weighted by Crippen LogP contribution is 2.12. The van der Waals surface area contributed by atoms with Gasteiger partial charge in [0.25, 0.3) is 0 Å². The van der Waals surface area contributed by atoms with Crippen molar-refractivity contribution in [1.82, 2.24) is 5.32 Å². The third-order valence-electron chi connectivity index (χ3n) is 3.66. The van der Waals surface area contributed by atoms with Gasteiger partial charge in [-0.25, -0.2) is 0 Å². The van der Waals surface area contributed by atoms with E-state index in [9.17, 15) is 4.79 Å². The molecule has 0 aliphatic heterocycles. The second-order valence-corrected chi connectivity index (χ2v) is 5.32. The summed E-state index contributed by atoms with van der Waals surface area (Å²) in [7, 11) is 1.41. The van der Waals surface area contributed by atoms with Crippen LogP contribution in [0.1, 0.15) is 37.3 Å². The van der Waals surface area contributed by atoms with Gasteiger partial charge in [0.05, 0.1) is 13.5 Å². The minimum absolute atomic E-state index is 0.216. The fourth-order valence-electron chi connectivity index (χ4n) is 2.48. The Morgan fingerprint density at radius 3 is 2.62 bits per heavy atom. The summed E-state index contributed by atoms with van der Waals surface area (Å²) in [5, 5.41) is 12.5. The number of aliphatic hydroxyl groups is 1. The second-order valence-electron chi connectivity index (χ2n) is 5.32. The lowest BCUT2D eigenvalue weighted by molar-refractivity contribution is -0.139. The summed E-state index contributed by atoms with van der Waals surface area (Å²) in [5.74, 6) is 0.291. The number of rotatable bonds is 10. The molecule has 118 valence electrons. The monoisotopic (exact) mass is 293 g/mol. The van der Waals surface area contributed by atoms with E-state index in [-0.39, 0.29) is 12.6 Å². The van der Waals surface area contributed by atoms with E-state index >= 15 is 0 Å². The molecular formula is C17H27NO3. The molecule has 1 rings (SSSR count). The molecule has 4 heteroatoms. The van der Waals surface area contributed by atoms with Crippen molar-refractivity contribution in [2.45, 2.75) is 39.2 Å². The normalized spacial score (nSPS) is 12.1. The van der Waals surface area contributed by atoms with Crippen molar-refractivity contribution < 1.29 is 14.6 Å². The number of carbonyl (C=O) groups is 1. The average molecular weight is 293 g/mol. The highest BCUT2D eigenvalue weighted by atomic mass is 16.5. The molecule has 0 saturated heterocycles. The zero-order valence-corrected chi connectivity index (χ0v) is 13.1. The third kappa shape index (κ3) is 6.74. The van der Waals surface area contributed by atoms with Gasteiger partial charge in [-0.05, 0) is 36.4 Å². The Morgan fingerprint density at radius 1 is 1.29 bits per heavy atom. The SMILES string of the molecule is CCCC(CCO)CNCc1ccccc1CC(=O)OC. The van der Waals surface area contributed by atoms with Crippen LogP contribution in [-0.4, -0.2) is 31.3 Å². The Morgan fingerprint density at radius 2 is 2.00 bits per heavy atom. The lowest BCUT2D eigenvalue weighted by atomic mass is 9.99. The van der Waals surface area contributed by atoms with Gasteiger partial charge in [-0.15, -0.1) is 0 Å². The van der Waals surface area contributed by atoms with Crippen LogP contribution in [0, 0.1) is 5.92 Å². The van der Waals surface area contributed by atoms with Gasteiger partial charge >= 0.3 is 5.97 Å². The van der Waals surface area contributed by atoms with Gasteiger partial charge in [-0.2, -0.15) is 0 Å². The number of aliphatic hydroxyl groups excluding tert-OH is 1. The van der Waals surface area contributed by atoms with Crippen molar-refractivity contribution in [2.75, 3.05) is 20.3 Å². The smallest absolute Gasteiger partial charge is 0.309 e. The number of methoxy groups -OCH3 is 1. The molecule has 0 spiro atoms. The van der Waals surface area contributed by atoms with Crippen molar-refractivity contribution in [3.05, 3.63) is 35.4 Å². The minimum Gasteiger partial charge on any atom is -0.469 e. The van der Waals surface area contributed by atoms with Gasteiger partial charge in [0.15, 0.2) is 0 Å². The first-order chi connectivity index (χ1) is 10.2. The number of nitrogens with one attached hydrogen (secondary N) is 1. The highest BCUT2D eigenvalue weighted by molar-refractivity contribution is 5.72. The summed E-state index contributed by atoms with van der Waals surface area (Å²) >= 11 is 0. The van der Waals surface area contributed by atoms with Gasteiger partial charge in [0.1, 0.15) is 0 Å². The zero-order chi connectivity index (χ0) is 15.5. The van der Waals surface area contributed by atoms with Crippen LogP contribution in [0.5, 0.6) is 0 Å². The minimum atomic E-state index is -0.216. The van der Waals surface area contributed by atoms with Crippen LogP contribution in [0.15, 0.2) is 24.3 Å². The molecule has 0 saturated carbocycles. The molecule has 1 aromatic carbocycles. The van der Waals surface area contributed by atoms with Crippen LogP contribution in [0.25, 0.3) is 0 Å². The van der Waals surface area contributed by atoms with Gasteiger partial charge in [0, 0.05) is 13.2 Å². The summed E-state index contributed by atoms with van der Waals surface area (Å²) < 4.78 is 4.73. The van der Waals surface area contributed by atoms with E-state index in [1.54, 1.807) is 0 Å². The maximum Gasteiger partial charge on any atom is 0.309 e. The second kappa shape index (κ2) is 10.4. The molecule has 0 aromatic heterocycles. The molecule has 21 heavy (non-hydrogen) atoms. The van der Waals surface area contributed by atoms with Crippen LogP contribution in [-0.2, 0) is 22.5 Å². The number of hydrogen-bond donors (Lipinski definition) is 2. The van der Waals surface area contributed by atoms with Crippen molar-refractivity contribution in [3.63, 3.8) is 0 Å². The van der Waals surface area contributed by atoms with Crippen LogP contribution >= 0.6 is 0 Å². The number of ether oxygens (including phenoxy) is 1. The first-order valence-corrected chi connectivity index (χ1v) is 7.66. The molecule has 0 heterocycles.